The second-order valence-corrected chi connectivity index (χ2v) is 7.05. The molecule has 3 rings (SSSR count). The minimum atomic E-state index is -0.0222. The number of methoxy groups -OCH3 is 2. The predicted octanol–water partition coefficient (Wildman–Crippen LogP) is 4.15. The summed E-state index contributed by atoms with van der Waals surface area (Å²) in [7, 11) is 3.24. The Hall–Kier alpha value is -3.21. The number of rotatable bonds is 9. The normalized spacial score (nSPS) is 11.7. The molecule has 5 nitrogen and oxygen atoms in total. The molecule has 5 heteroatoms. The van der Waals surface area contributed by atoms with Crippen molar-refractivity contribution >= 4 is 5.91 Å². The van der Waals surface area contributed by atoms with Gasteiger partial charge in [-0.05, 0) is 48.7 Å². The van der Waals surface area contributed by atoms with Crippen molar-refractivity contribution in [3.8, 4) is 11.5 Å². The van der Waals surface area contributed by atoms with Crippen LogP contribution in [-0.2, 0) is 11.2 Å². The summed E-state index contributed by atoms with van der Waals surface area (Å²) >= 11 is 0. The van der Waals surface area contributed by atoms with E-state index < -0.39 is 0 Å². The van der Waals surface area contributed by atoms with Gasteiger partial charge in [-0.15, -0.1) is 0 Å². The van der Waals surface area contributed by atoms with Gasteiger partial charge in [-0.1, -0.05) is 35.9 Å². The van der Waals surface area contributed by atoms with E-state index in [9.17, 15) is 4.79 Å². The molecule has 0 aliphatic carbocycles. The number of nitrogens with zero attached hydrogens (tertiary/aromatic N) is 1. The van der Waals surface area contributed by atoms with Crippen LogP contribution in [0.2, 0.25) is 0 Å². The van der Waals surface area contributed by atoms with Crippen molar-refractivity contribution in [3.63, 3.8) is 0 Å². The van der Waals surface area contributed by atoms with Crippen molar-refractivity contribution in [3.05, 3.63) is 83.7 Å². The first-order valence-corrected chi connectivity index (χ1v) is 9.77. The van der Waals surface area contributed by atoms with E-state index in [0.29, 0.717) is 24.5 Å². The number of ether oxygens (including phenoxy) is 2. The average Bonchev–Trinajstić information content (AvgIpc) is 3.26. The molecular formula is C24H28N2O3. The summed E-state index contributed by atoms with van der Waals surface area (Å²) in [6.45, 7) is 2.64. The zero-order valence-corrected chi connectivity index (χ0v) is 17.2. The van der Waals surface area contributed by atoms with Gasteiger partial charge in [0.15, 0.2) is 11.5 Å². The lowest BCUT2D eigenvalue weighted by Gasteiger charge is -2.20. The van der Waals surface area contributed by atoms with Gasteiger partial charge in [0.2, 0.25) is 5.91 Å². The number of nitrogens with one attached hydrogen (secondary N) is 1. The molecule has 152 valence electrons. The Morgan fingerprint density at radius 3 is 2.45 bits per heavy atom. The van der Waals surface area contributed by atoms with Crippen LogP contribution in [0.1, 0.15) is 29.2 Å². The quantitative estimate of drug-likeness (QED) is 0.595. The highest BCUT2D eigenvalue weighted by atomic mass is 16.5. The van der Waals surface area contributed by atoms with Crippen molar-refractivity contribution in [1.82, 2.24) is 9.88 Å². The fraction of sp³-hybridized carbons (Fsp3) is 0.292. The molecule has 0 bridgehead atoms. The second-order valence-electron chi connectivity index (χ2n) is 7.05. The first-order valence-electron chi connectivity index (χ1n) is 9.77. The molecule has 29 heavy (non-hydrogen) atoms. The van der Waals surface area contributed by atoms with Gasteiger partial charge in [0, 0.05) is 18.9 Å². The largest absolute Gasteiger partial charge is 0.493 e. The van der Waals surface area contributed by atoms with E-state index in [1.165, 1.54) is 5.56 Å². The Bertz CT molecular complexity index is 935. The molecule has 1 atom stereocenters. The van der Waals surface area contributed by atoms with Gasteiger partial charge in [0.25, 0.3) is 0 Å². The molecular weight excluding hydrogens is 364 g/mol. The van der Waals surface area contributed by atoms with Gasteiger partial charge < -0.3 is 19.4 Å². The van der Waals surface area contributed by atoms with Crippen LogP contribution in [-0.4, -0.2) is 31.2 Å². The summed E-state index contributed by atoms with van der Waals surface area (Å²) in [6, 6.07) is 18.1. The highest BCUT2D eigenvalue weighted by Gasteiger charge is 2.17. The fourth-order valence-electron chi connectivity index (χ4n) is 3.46. The maximum absolute atomic E-state index is 12.7. The average molecular weight is 392 g/mol. The molecule has 0 radical (unpaired) electrons. The Balaban J connectivity index is 1.61. The van der Waals surface area contributed by atoms with E-state index in [-0.39, 0.29) is 11.9 Å². The van der Waals surface area contributed by atoms with Gasteiger partial charge in [-0.2, -0.15) is 0 Å². The summed E-state index contributed by atoms with van der Waals surface area (Å²) < 4.78 is 12.7. The van der Waals surface area contributed by atoms with Gasteiger partial charge >= 0.3 is 0 Å². The molecule has 0 aliphatic rings. The lowest BCUT2D eigenvalue weighted by Crippen LogP contribution is -2.28. The number of hydrogen-bond acceptors (Lipinski definition) is 3. The predicted molar refractivity (Wildman–Crippen MR) is 115 cm³/mol. The van der Waals surface area contributed by atoms with Crippen LogP contribution < -0.4 is 14.8 Å². The molecule has 0 saturated heterocycles. The molecule has 1 N–H and O–H groups in total. The number of benzene rings is 2. The standard InChI is InChI=1S/C24H28N2O3/c1-18-7-6-8-20(15-18)21(26-13-4-5-14-26)17-24(27)25-12-11-19-9-10-22(28-2)23(16-19)29-3/h4-10,13-16,21H,11-12,17H2,1-3H3,(H,25,27). The maximum atomic E-state index is 12.7. The van der Waals surface area contributed by atoms with Gasteiger partial charge in [0.05, 0.1) is 26.7 Å². The van der Waals surface area contributed by atoms with E-state index in [2.05, 4.69) is 35.0 Å². The molecule has 3 aromatic rings. The van der Waals surface area contributed by atoms with Crippen molar-refractivity contribution in [2.75, 3.05) is 20.8 Å². The molecule has 0 fully saturated rings. The summed E-state index contributed by atoms with van der Waals surface area (Å²) in [5.41, 5.74) is 3.41. The third kappa shape index (κ3) is 5.41. The molecule has 0 aliphatic heterocycles. The molecule has 1 heterocycles. The monoisotopic (exact) mass is 392 g/mol. The van der Waals surface area contributed by atoms with E-state index in [1.54, 1.807) is 14.2 Å². The first kappa shape index (κ1) is 20.5. The number of hydrogen-bond donors (Lipinski definition) is 1. The van der Waals surface area contributed by atoms with Gasteiger partial charge in [0.1, 0.15) is 0 Å². The van der Waals surface area contributed by atoms with Crippen LogP contribution in [0.25, 0.3) is 0 Å². The third-order valence-electron chi connectivity index (χ3n) is 4.98. The molecule has 0 spiro atoms. The number of carbonyl (C=O) groups is 1. The lowest BCUT2D eigenvalue weighted by molar-refractivity contribution is -0.121. The second kappa shape index (κ2) is 9.82. The Morgan fingerprint density at radius 1 is 1.00 bits per heavy atom. The summed E-state index contributed by atoms with van der Waals surface area (Å²) in [6.07, 6.45) is 5.13. The summed E-state index contributed by atoms with van der Waals surface area (Å²) in [5, 5.41) is 3.05. The third-order valence-corrected chi connectivity index (χ3v) is 4.98. The number of amides is 1. The molecule has 1 amide bonds. The minimum Gasteiger partial charge on any atom is -0.493 e. The van der Waals surface area contributed by atoms with Crippen molar-refractivity contribution in [2.45, 2.75) is 25.8 Å². The Morgan fingerprint density at radius 2 is 1.76 bits per heavy atom. The van der Waals surface area contributed by atoms with Crippen LogP contribution in [0.3, 0.4) is 0 Å². The topological polar surface area (TPSA) is 52.5 Å². The van der Waals surface area contributed by atoms with E-state index >= 15 is 0 Å². The highest BCUT2D eigenvalue weighted by Crippen LogP contribution is 2.27. The van der Waals surface area contributed by atoms with E-state index in [1.807, 2.05) is 48.8 Å². The number of aromatic nitrogens is 1. The minimum absolute atomic E-state index is 0.0222. The van der Waals surface area contributed by atoms with Crippen LogP contribution in [0.5, 0.6) is 11.5 Å². The lowest BCUT2D eigenvalue weighted by atomic mass is 10.0. The Kier molecular flexibility index (Phi) is 6.95. The zero-order valence-electron chi connectivity index (χ0n) is 17.2. The fourth-order valence-corrected chi connectivity index (χ4v) is 3.46. The maximum Gasteiger partial charge on any atom is 0.222 e. The van der Waals surface area contributed by atoms with Crippen molar-refractivity contribution in [1.29, 1.82) is 0 Å². The number of carbonyl (C=O) groups excluding carboxylic acids is 1. The van der Waals surface area contributed by atoms with Crippen LogP contribution >= 0.6 is 0 Å². The van der Waals surface area contributed by atoms with E-state index in [0.717, 1.165) is 17.5 Å². The molecule has 2 aromatic carbocycles. The molecule has 1 aromatic heterocycles. The zero-order chi connectivity index (χ0) is 20.6. The first-order chi connectivity index (χ1) is 14.1. The smallest absolute Gasteiger partial charge is 0.222 e. The van der Waals surface area contributed by atoms with Gasteiger partial charge in [-0.25, -0.2) is 0 Å². The van der Waals surface area contributed by atoms with Crippen LogP contribution in [0.4, 0.5) is 0 Å². The van der Waals surface area contributed by atoms with Crippen molar-refractivity contribution in [2.24, 2.45) is 0 Å². The van der Waals surface area contributed by atoms with Crippen LogP contribution in [0, 0.1) is 6.92 Å². The highest BCUT2D eigenvalue weighted by molar-refractivity contribution is 5.76. The summed E-state index contributed by atoms with van der Waals surface area (Å²) in [5.74, 6) is 1.43. The van der Waals surface area contributed by atoms with Gasteiger partial charge in [-0.3, -0.25) is 4.79 Å². The molecule has 0 saturated carbocycles. The Labute approximate surface area is 172 Å². The van der Waals surface area contributed by atoms with E-state index in [4.69, 9.17) is 9.47 Å². The SMILES string of the molecule is COc1ccc(CCNC(=O)CC(c2cccc(C)c2)n2cccc2)cc1OC. The summed E-state index contributed by atoms with van der Waals surface area (Å²) in [4.78, 5) is 12.7. The number of aryl methyl sites for hydroxylation is 1. The van der Waals surface area contributed by atoms with Crippen LogP contribution in [0.15, 0.2) is 67.0 Å². The molecule has 1 unspecified atom stereocenters. The van der Waals surface area contributed by atoms with Crippen molar-refractivity contribution < 1.29 is 14.3 Å².